The Bertz CT molecular complexity index is 1540. The molecular weight excluding hydrogens is 499 g/mol. The predicted molar refractivity (Wildman–Crippen MR) is 160 cm³/mol. The highest BCUT2D eigenvalue weighted by Gasteiger charge is 2.30. The van der Waals surface area contributed by atoms with Crippen molar-refractivity contribution in [2.24, 2.45) is 0 Å². The zero-order chi connectivity index (χ0) is 27.9. The highest BCUT2D eigenvalue weighted by molar-refractivity contribution is 6.12. The monoisotopic (exact) mass is 532 g/mol. The number of para-hydroxylation sites is 2. The first kappa shape index (κ1) is 26.9. The van der Waals surface area contributed by atoms with Gasteiger partial charge in [-0.3, -0.25) is 4.79 Å². The van der Waals surface area contributed by atoms with Gasteiger partial charge < -0.3 is 14.6 Å². The second-order valence-electron chi connectivity index (χ2n) is 10.00. The second kappa shape index (κ2) is 12.5. The van der Waals surface area contributed by atoms with Gasteiger partial charge in [-0.05, 0) is 72.0 Å². The molecule has 0 aliphatic rings. The predicted octanol–water partition coefficient (Wildman–Crippen LogP) is 8.81. The average Bonchev–Trinajstić information content (AvgIpc) is 3.33. The molecular formula is C35H33FN2O2. The SMILES string of the molecule is CC(C)c1c(C(=O)Nc2ccccc2)c(-c2ccccc2)c(-c2ccc(F)cc2)n1CCCOc1ccccc1. The van der Waals surface area contributed by atoms with Gasteiger partial charge in [0.05, 0.1) is 17.9 Å². The molecule has 0 aliphatic carbocycles. The minimum atomic E-state index is -0.300. The molecule has 1 heterocycles. The van der Waals surface area contributed by atoms with Crippen molar-refractivity contribution in [3.05, 3.63) is 132 Å². The summed E-state index contributed by atoms with van der Waals surface area (Å²) >= 11 is 0. The number of aromatic nitrogens is 1. The van der Waals surface area contributed by atoms with E-state index in [0.717, 1.165) is 45.9 Å². The first-order valence-corrected chi connectivity index (χ1v) is 13.6. The molecule has 0 aliphatic heterocycles. The zero-order valence-electron chi connectivity index (χ0n) is 22.8. The van der Waals surface area contributed by atoms with Crippen LogP contribution in [0.5, 0.6) is 5.75 Å². The number of anilines is 1. The summed E-state index contributed by atoms with van der Waals surface area (Å²) in [6.45, 7) is 5.37. The van der Waals surface area contributed by atoms with Gasteiger partial charge in [0.25, 0.3) is 5.91 Å². The largest absolute Gasteiger partial charge is 0.494 e. The van der Waals surface area contributed by atoms with Crippen LogP contribution in [0.2, 0.25) is 0 Å². The standard InChI is InChI=1S/C35H33FN2O2/c1-25(2)33-32(35(39)37-29-15-8-4-9-16-29)31(26-13-6-3-7-14-26)34(27-19-21-28(36)22-20-27)38(33)23-12-24-40-30-17-10-5-11-18-30/h3-11,13-22,25H,12,23-24H2,1-2H3,(H,37,39). The maximum Gasteiger partial charge on any atom is 0.258 e. The molecule has 1 amide bonds. The molecule has 4 aromatic carbocycles. The molecule has 0 spiro atoms. The van der Waals surface area contributed by atoms with E-state index >= 15 is 0 Å². The minimum Gasteiger partial charge on any atom is -0.494 e. The van der Waals surface area contributed by atoms with Crippen molar-refractivity contribution in [2.45, 2.75) is 32.7 Å². The van der Waals surface area contributed by atoms with Crippen LogP contribution in [0.15, 0.2) is 115 Å². The molecule has 202 valence electrons. The van der Waals surface area contributed by atoms with Gasteiger partial charge in [0, 0.05) is 23.5 Å². The number of carbonyl (C=O) groups excluding carboxylic acids is 1. The van der Waals surface area contributed by atoms with Crippen molar-refractivity contribution >= 4 is 11.6 Å². The third kappa shape index (κ3) is 5.99. The normalized spacial score (nSPS) is 11.0. The van der Waals surface area contributed by atoms with E-state index in [4.69, 9.17) is 4.74 Å². The fourth-order valence-electron chi connectivity index (χ4n) is 5.14. The van der Waals surface area contributed by atoms with Crippen molar-refractivity contribution in [3.63, 3.8) is 0 Å². The van der Waals surface area contributed by atoms with E-state index in [1.165, 1.54) is 12.1 Å². The van der Waals surface area contributed by atoms with Gasteiger partial charge in [-0.1, -0.05) is 80.6 Å². The lowest BCUT2D eigenvalue weighted by Gasteiger charge is -2.17. The van der Waals surface area contributed by atoms with Gasteiger partial charge >= 0.3 is 0 Å². The summed E-state index contributed by atoms with van der Waals surface area (Å²) in [6.07, 6.45) is 0.728. The lowest BCUT2D eigenvalue weighted by molar-refractivity contribution is 0.102. The Hall–Kier alpha value is -4.64. The van der Waals surface area contributed by atoms with E-state index in [-0.39, 0.29) is 17.6 Å². The number of nitrogens with one attached hydrogen (secondary N) is 1. The molecule has 5 aromatic rings. The third-order valence-corrected chi connectivity index (χ3v) is 6.83. The molecule has 0 atom stereocenters. The van der Waals surface area contributed by atoms with Crippen LogP contribution in [0.1, 0.15) is 42.2 Å². The Labute approximate surface area is 235 Å². The van der Waals surface area contributed by atoms with Gasteiger partial charge in [0.15, 0.2) is 0 Å². The molecule has 5 rings (SSSR count). The molecule has 0 saturated heterocycles. The van der Waals surface area contributed by atoms with Gasteiger partial charge in [-0.25, -0.2) is 4.39 Å². The van der Waals surface area contributed by atoms with Crippen LogP contribution in [-0.4, -0.2) is 17.1 Å². The van der Waals surface area contributed by atoms with E-state index in [1.807, 2.05) is 91.0 Å². The fraction of sp³-hybridized carbons (Fsp3) is 0.171. The number of ether oxygens (including phenoxy) is 1. The van der Waals surface area contributed by atoms with Crippen LogP contribution >= 0.6 is 0 Å². The van der Waals surface area contributed by atoms with Crippen LogP contribution in [0.25, 0.3) is 22.4 Å². The van der Waals surface area contributed by atoms with E-state index in [0.29, 0.717) is 18.7 Å². The molecule has 0 fully saturated rings. The van der Waals surface area contributed by atoms with Crippen LogP contribution in [0, 0.1) is 5.82 Å². The Morgan fingerprint density at radius 3 is 2.02 bits per heavy atom. The number of nitrogens with zero attached hydrogens (tertiary/aromatic N) is 1. The van der Waals surface area contributed by atoms with Crippen LogP contribution in [-0.2, 0) is 6.54 Å². The number of amides is 1. The van der Waals surface area contributed by atoms with Crippen molar-refractivity contribution in [1.29, 1.82) is 0 Å². The summed E-state index contributed by atoms with van der Waals surface area (Å²) in [5.74, 6) is 0.399. The summed E-state index contributed by atoms with van der Waals surface area (Å²) < 4.78 is 22.3. The summed E-state index contributed by atoms with van der Waals surface area (Å²) in [5.41, 5.74) is 5.82. The minimum absolute atomic E-state index is 0.0447. The van der Waals surface area contributed by atoms with Crippen molar-refractivity contribution in [2.75, 3.05) is 11.9 Å². The first-order chi connectivity index (χ1) is 19.5. The Balaban J connectivity index is 1.65. The highest BCUT2D eigenvalue weighted by atomic mass is 19.1. The van der Waals surface area contributed by atoms with Crippen molar-refractivity contribution in [3.8, 4) is 28.1 Å². The maximum atomic E-state index is 14.1. The Kier molecular flexibility index (Phi) is 8.41. The van der Waals surface area contributed by atoms with Crippen molar-refractivity contribution < 1.29 is 13.9 Å². The number of carbonyl (C=O) groups is 1. The fourth-order valence-corrected chi connectivity index (χ4v) is 5.14. The lowest BCUT2D eigenvalue weighted by Crippen LogP contribution is -2.17. The summed E-state index contributed by atoms with van der Waals surface area (Å²) in [4.78, 5) is 14.1. The molecule has 5 heteroatoms. The van der Waals surface area contributed by atoms with E-state index in [2.05, 4.69) is 23.7 Å². The number of rotatable bonds is 10. The maximum absolute atomic E-state index is 14.1. The first-order valence-electron chi connectivity index (χ1n) is 13.6. The molecule has 0 unspecified atom stereocenters. The van der Waals surface area contributed by atoms with E-state index < -0.39 is 0 Å². The Morgan fingerprint density at radius 1 is 0.800 bits per heavy atom. The lowest BCUT2D eigenvalue weighted by atomic mass is 9.94. The molecule has 0 radical (unpaired) electrons. The van der Waals surface area contributed by atoms with Gasteiger partial charge in [0.1, 0.15) is 11.6 Å². The molecule has 1 N–H and O–H groups in total. The van der Waals surface area contributed by atoms with Crippen molar-refractivity contribution in [1.82, 2.24) is 4.57 Å². The molecule has 0 bridgehead atoms. The number of hydrogen-bond donors (Lipinski definition) is 1. The van der Waals surface area contributed by atoms with Crippen LogP contribution in [0.3, 0.4) is 0 Å². The van der Waals surface area contributed by atoms with E-state index in [9.17, 15) is 9.18 Å². The van der Waals surface area contributed by atoms with Crippen LogP contribution < -0.4 is 10.1 Å². The molecule has 40 heavy (non-hydrogen) atoms. The van der Waals surface area contributed by atoms with E-state index in [1.54, 1.807) is 12.1 Å². The molecule has 0 saturated carbocycles. The number of hydrogen-bond acceptors (Lipinski definition) is 2. The quantitative estimate of drug-likeness (QED) is 0.183. The summed E-state index contributed by atoms with van der Waals surface area (Å²) in [6, 6.07) is 35.7. The molecule has 4 nitrogen and oxygen atoms in total. The highest BCUT2D eigenvalue weighted by Crippen LogP contribution is 2.42. The smallest absolute Gasteiger partial charge is 0.258 e. The topological polar surface area (TPSA) is 43.3 Å². The van der Waals surface area contributed by atoms with Gasteiger partial charge in [-0.15, -0.1) is 0 Å². The van der Waals surface area contributed by atoms with Gasteiger partial charge in [0.2, 0.25) is 0 Å². The number of halogens is 1. The third-order valence-electron chi connectivity index (χ3n) is 6.83. The van der Waals surface area contributed by atoms with Gasteiger partial charge in [-0.2, -0.15) is 0 Å². The second-order valence-corrected chi connectivity index (χ2v) is 10.00. The average molecular weight is 533 g/mol. The molecule has 1 aromatic heterocycles. The summed E-state index contributed by atoms with van der Waals surface area (Å²) in [5, 5.41) is 3.12. The van der Waals surface area contributed by atoms with Crippen LogP contribution in [0.4, 0.5) is 10.1 Å². The number of benzene rings is 4. The Morgan fingerprint density at radius 2 is 1.40 bits per heavy atom. The zero-order valence-corrected chi connectivity index (χ0v) is 22.8. The summed E-state index contributed by atoms with van der Waals surface area (Å²) in [7, 11) is 0.